The molecule has 0 saturated carbocycles. The first-order valence-corrected chi connectivity index (χ1v) is 10.3. The number of halogens is 1. The van der Waals surface area contributed by atoms with Gasteiger partial charge >= 0.3 is 0 Å². The molecule has 8 nitrogen and oxygen atoms in total. The summed E-state index contributed by atoms with van der Waals surface area (Å²) >= 11 is 0. The zero-order valence-electron chi connectivity index (χ0n) is 17.7. The molecule has 9 heteroatoms. The first-order valence-electron chi connectivity index (χ1n) is 10.3. The van der Waals surface area contributed by atoms with Crippen molar-refractivity contribution < 1.29 is 9.50 Å². The zero-order chi connectivity index (χ0) is 21.8. The molecule has 0 unspecified atom stereocenters. The number of aromatic nitrogens is 6. The van der Waals surface area contributed by atoms with Crippen molar-refractivity contribution in [2.75, 3.05) is 0 Å². The molecule has 3 atom stereocenters. The number of rotatable bonds is 3. The third kappa shape index (κ3) is 3.48. The van der Waals surface area contributed by atoms with Gasteiger partial charge in [-0.3, -0.25) is 9.97 Å². The van der Waals surface area contributed by atoms with Crippen molar-refractivity contribution in [1.29, 1.82) is 0 Å². The SMILES string of the molecule is Cc1nnn(-c2ccc(-c3cnc(/C=C4\C[C@@]5(C)CC[C@](C)(N5)[C@H]4F)cn3)c(O)c2)n1. The number of hydrogen-bond acceptors (Lipinski definition) is 7. The number of phenols is 1. The minimum Gasteiger partial charge on any atom is -0.507 e. The number of nitrogens with one attached hydrogen (secondary N) is 1. The number of aromatic hydroxyl groups is 1. The number of aryl methyl sites for hydroxylation is 1. The zero-order valence-corrected chi connectivity index (χ0v) is 17.7. The topological polar surface area (TPSA) is 102 Å². The van der Waals surface area contributed by atoms with Gasteiger partial charge in [-0.05, 0) is 69.0 Å². The Kier molecular flexibility index (Phi) is 4.40. The van der Waals surface area contributed by atoms with Gasteiger partial charge in [-0.25, -0.2) is 4.39 Å². The third-order valence-corrected chi connectivity index (χ3v) is 6.27. The fraction of sp³-hybridized carbons (Fsp3) is 0.409. The number of tetrazole rings is 1. The van der Waals surface area contributed by atoms with E-state index in [0.29, 0.717) is 34.9 Å². The molecule has 3 aromatic rings. The van der Waals surface area contributed by atoms with Crippen molar-refractivity contribution >= 4 is 6.08 Å². The third-order valence-electron chi connectivity index (χ3n) is 6.27. The van der Waals surface area contributed by atoms with Crippen LogP contribution < -0.4 is 5.32 Å². The van der Waals surface area contributed by atoms with Crippen LogP contribution in [0.3, 0.4) is 0 Å². The molecule has 1 aromatic carbocycles. The first kappa shape index (κ1) is 19.7. The maximum Gasteiger partial charge on any atom is 0.172 e. The predicted molar refractivity (Wildman–Crippen MR) is 113 cm³/mol. The number of fused-ring (bicyclic) bond motifs is 2. The molecule has 0 spiro atoms. The fourth-order valence-electron chi connectivity index (χ4n) is 4.74. The normalized spacial score (nSPS) is 28.9. The average molecular weight is 421 g/mol. The monoisotopic (exact) mass is 421 g/mol. The van der Waals surface area contributed by atoms with E-state index < -0.39 is 11.7 Å². The number of benzene rings is 1. The molecule has 31 heavy (non-hydrogen) atoms. The summed E-state index contributed by atoms with van der Waals surface area (Å²) in [5, 5.41) is 25.8. The summed E-state index contributed by atoms with van der Waals surface area (Å²) < 4.78 is 15.1. The van der Waals surface area contributed by atoms with Gasteiger partial charge in [0.15, 0.2) is 5.82 Å². The smallest absolute Gasteiger partial charge is 0.172 e. The first-order chi connectivity index (χ1) is 14.7. The molecule has 2 aliphatic rings. The fourth-order valence-corrected chi connectivity index (χ4v) is 4.74. The predicted octanol–water partition coefficient (Wildman–Crippen LogP) is 3.16. The van der Waals surface area contributed by atoms with Gasteiger partial charge in [-0.15, -0.1) is 15.0 Å². The van der Waals surface area contributed by atoms with E-state index in [1.807, 2.05) is 13.0 Å². The molecular weight excluding hydrogens is 397 g/mol. The largest absolute Gasteiger partial charge is 0.507 e. The van der Waals surface area contributed by atoms with E-state index in [2.05, 4.69) is 37.6 Å². The van der Waals surface area contributed by atoms with Gasteiger partial charge in [-0.2, -0.15) is 0 Å². The van der Waals surface area contributed by atoms with Crippen molar-refractivity contribution in [3.8, 4) is 22.7 Å². The maximum absolute atomic E-state index is 15.1. The lowest BCUT2D eigenvalue weighted by Gasteiger charge is -2.41. The van der Waals surface area contributed by atoms with E-state index in [4.69, 9.17) is 0 Å². The maximum atomic E-state index is 15.1. The Balaban J connectivity index is 1.40. The average Bonchev–Trinajstić information content (AvgIpc) is 3.29. The second-order valence-electron chi connectivity index (χ2n) is 9.02. The van der Waals surface area contributed by atoms with Crippen LogP contribution in [0.4, 0.5) is 4.39 Å². The standard InChI is InChI=1S/C22H24FN7O/c1-13-26-29-30(27-13)16-4-5-17(19(31)9-16)18-12-24-15(11-25-18)8-14-10-21(2)6-7-22(3,28-21)20(14)23/h4-5,8-9,11-12,20,28,31H,6-7,10H2,1-3H3/b14-8+/t20-,21+,22-/m0/s1. The molecule has 5 rings (SSSR count). The number of nitrogens with zero attached hydrogens (tertiary/aromatic N) is 6. The Hall–Kier alpha value is -3.20. The second kappa shape index (κ2) is 6.91. The lowest BCUT2D eigenvalue weighted by atomic mass is 9.82. The highest BCUT2D eigenvalue weighted by atomic mass is 19.1. The van der Waals surface area contributed by atoms with Crippen LogP contribution in [0.2, 0.25) is 0 Å². The van der Waals surface area contributed by atoms with Gasteiger partial charge < -0.3 is 10.4 Å². The highest BCUT2D eigenvalue weighted by Crippen LogP contribution is 2.46. The molecule has 2 bridgehead atoms. The molecule has 160 valence electrons. The van der Waals surface area contributed by atoms with Crippen LogP contribution in [-0.2, 0) is 0 Å². The lowest BCUT2D eigenvalue weighted by Crippen LogP contribution is -2.57. The summed E-state index contributed by atoms with van der Waals surface area (Å²) in [6, 6.07) is 5.05. The molecule has 0 amide bonds. The summed E-state index contributed by atoms with van der Waals surface area (Å²) in [5.74, 6) is 0.576. The number of phenolic OH excluding ortho intramolecular Hbond substituents is 1. The Morgan fingerprint density at radius 2 is 2.06 bits per heavy atom. The van der Waals surface area contributed by atoms with Crippen molar-refractivity contribution in [1.82, 2.24) is 35.5 Å². The Morgan fingerprint density at radius 3 is 2.74 bits per heavy atom. The molecule has 2 saturated heterocycles. The van der Waals surface area contributed by atoms with Crippen molar-refractivity contribution in [3.63, 3.8) is 0 Å². The molecular formula is C22H24FN7O. The van der Waals surface area contributed by atoms with E-state index in [0.717, 1.165) is 18.4 Å². The minimum atomic E-state index is -1.05. The molecule has 0 radical (unpaired) electrons. The lowest BCUT2D eigenvalue weighted by molar-refractivity contribution is 0.160. The second-order valence-corrected chi connectivity index (χ2v) is 9.02. The molecule has 2 aromatic heterocycles. The van der Waals surface area contributed by atoms with Crippen LogP contribution >= 0.6 is 0 Å². The summed E-state index contributed by atoms with van der Waals surface area (Å²) in [7, 11) is 0. The van der Waals surface area contributed by atoms with Gasteiger partial charge in [0.05, 0.1) is 35.0 Å². The van der Waals surface area contributed by atoms with Crippen LogP contribution in [-0.4, -0.2) is 52.5 Å². The van der Waals surface area contributed by atoms with Crippen LogP contribution in [0.1, 0.15) is 44.6 Å². The molecule has 2 fully saturated rings. The van der Waals surface area contributed by atoms with Gasteiger partial charge in [0.2, 0.25) is 0 Å². The van der Waals surface area contributed by atoms with Crippen LogP contribution in [0.25, 0.3) is 23.0 Å². The minimum absolute atomic E-state index is 0.0347. The molecule has 0 aliphatic carbocycles. The van der Waals surface area contributed by atoms with E-state index in [1.54, 1.807) is 37.5 Å². The van der Waals surface area contributed by atoms with Gasteiger partial charge in [0, 0.05) is 17.2 Å². The number of piperidine rings is 1. The summed E-state index contributed by atoms with van der Waals surface area (Å²) in [5.41, 5.74) is 2.43. The Morgan fingerprint density at radius 1 is 1.23 bits per heavy atom. The van der Waals surface area contributed by atoms with Crippen LogP contribution in [0.15, 0.2) is 36.2 Å². The van der Waals surface area contributed by atoms with E-state index in [1.165, 1.54) is 4.80 Å². The van der Waals surface area contributed by atoms with E-state index in [9.17, 15) is 5.11 Å². The van der Waals surface area contributed by atoms with Crippen molar-refractivity contribution in [2.24, 2.45) is 0 Å². The van der Waals surface area contributed by atoms with E-state index in [-0.39, 0.29) is 11.3 Å². The summed E-state index contributed by atoms with van der Waals surface area (Å²) in [4.78, 5) is 10.2. The Bertz CT molecular complexity index is 1170. The van der Waals surface area contributed by atoms with Crippen LogP contribution in [0, 0.1) is 6.92 Å². The molecule has 4 heterocycles. The van der Waals surface area contributed by atoms with E-state index >= 15 is 4.39 Å². The van der Waals surface area contributed by atoms with Gasteiger partial charge in [0.25, 0.3) is 0 Å². The summed E-state index contributed by atoms with van der Waals surface area (Å²) in [6.45, 7) is 5.84. The molecule has 2 aliphatic heterocycles. The van der Waals surface area contributed by atoms with Crippen molar-refractivity contribution in [2.45, 2.75) is 57.3 Å². The quantitative estimate of drug-likeness (QED) is 0.670. The van der Waals surface area contributed by atoms with Gasteiger partial charge in [0.1, 0.15) is 11.9 Å². The van der Waals surface area contributed by atoms with Crippen LogP contribution in [0.5, 0.6) is 5.75 Å². The summed E-state index contributed by atoms with van der Waals surface area (Å²) in [6.07, 6.45) is 6.41. The van der Waals surface area contributed by atoms with Gasteiger partial charge in [-0.1, -0.05) is 0 Å². The number of alkyl halides is 1. The highest BCUT2D eigenvalue weighted by molar-refractivity contribution is 5.68. The van der Waals surface area contributed by atoms with Crippen molar-refractivity contribution in [3.05, 3.63) is 47.7 Å². The Labute approximate surface area is 179 Å². The molecule has 2 N–H and O–H groups in total. The highest BCUT2D eigenvalue weighted by Gasteiger charge is 2.52. The number of hydrogen-bond donors (Lipinski definition) is 2.